The summed E-state index contributed by atoms with van der Waals surface area (Å²) in [6, 6.07) is 11.7. The van der Waals surface area contributed by atoms with E-state index in [1.807, 2.05) is 36.4 Å². The lowest BCUT2D eigenvalue weighted by Gasteiger charge is -2.13. The van der Waals surface area contributed by atoms with Gasteiger partial charge in [0.1, 0.15) is 12.3 Å². The SMILES string of the molecule is CCCCOc1ccc2ccccc2c1/C=C1\SC(=O)N(CC(=O)OCC)C1=O. The number of carbonyl (C=O) groups is 3. The molecule has 1 saturated heterocycles. The van der Waals surface area contributed by atoms with E-state index in [0.717, 1.165) is 45.8 Å². The van der Waals surface area contributed by atoms with Crippen LogP contribution in [0, 0.1) is 0 Å². The van der Waals surface area contributed by atoms with Crippen molar-refractivity contribution in [1.82, 2.24) is 4.90 Å². The molecule has 29 heavy (non-hydrogen) atoms. The van der Waals surface area contributed by atoms with Gasteiger partial charge in [0.2, 0.25) is 0 Å². The second-order valence-corrected chi connectivity index (χ2v) is 7.47. The maximum Gasteiger partial charge on any atom is 0.326 e. The van der Waals surface area contributed by atoms with Crippen LogP contribution >= 0.6 is 11.8 Å². The largest absolute Gasteiger partial charge is 0.493 e. The highest BCUT2D eigenvalue weighted by Gasteiger charge is 2.36. The Balaban J connectivity index is 1.96. The zero-order valence-corrected chi connectivity index (χ0v) is 17.3. The van der Waals surface area contributed by atoms with Gasteiger partial charge in [-0.2, -0.15) is 0 Å². The Morgan fingerprint density at radius 2 is 1.93 bits per heavy atom. The van der Waals surface area contributed by atoms with Crippen LogP contribution in [0.25, 0.3) is 16.8 Å². The van der Waals surface area contributed by atoms with Crippen molar-refractivity contribution in [2.75, 3.05) is 19.8 Å². The summed E-state index contributed by atoms with van der Waals surface area (Å²) in [5.41, 5.74) is 0.751. The number of rotatable bonds is 8. The minimum atomic E-state index is -0.607. The molecule has 2 amide bonds. The molecule has 0 spiro atoms. The number of benzene rings is 2. The number of esters is 1. The van der Waals surface area contributed by atoms with Crippen LogP contribution in [0.1, 0.15) is 32.3 Å². The number of fused-ring (bicyclic) bond motifs is 1. The molecule has 6 nitrogen and oxygen atoms in total. The molecule has 1 heterocycles. The van der Waals surface area contributed by atoms with Gasteiger partial charge in [0.15, 0.2) is 0 Å². The molecule has 0 radical (unpaired) electrons. The second kappa shape index (κ2) is 9.60. The number of imide groups is 1. The van der Waals surface area contributed by atoms with Crippen LogP contribution in [0.2, 0.25) is 0 Å². The minimum absolute atomic E-state index is 0.194. The molecule has 0 aliphatic carbocycles. The maximum atomic E-state index is 12.7. The van der Waals surface area contributed by atoms with Crippen LogP contribution < -0.4 is 4.74 Å². The molecule has 0 unspecified atom stereocenters. The Morgan fingerprint density at radius 3 is 2.69 bits per heavy atom. The third-order valence-electron chi connectivity index (χ3n) is 4.43. The number of hydrogen-bond acceptors (Lipinski definition) is 6. The van der Waals surface area contributed by atoms with E-state index in [1.54, 1.807) is 13.0 Å². The standard InChI is InChI=1S/C22H23NO5S/c1-3-5-12-28-18-11-10-15-8-6-7-9-16(15)17(18)13-19-21(25)23(22(26)29-19)14-20(24)27-4-2/h6-11,13H,3-5,12,14H2,1-2H3/b19-13-. The number of unbranched alkanes of at least 4 members (excludes halogenated alkanes) is 1. The number of thioether (sulfide) groups is 1. The lowest BCUT2D eigenvalue weighted by Crippen LogP contribution is -2.34. The van der Waals surface area contributed by atoms with E-state index in [2.05, 4.69) is 6.92 Å². The van der Waals surface area contributed by atoms with Gasteiger partial charge in [-0.3, -0.25) is 19.3 Å². The fourth-order valence-electron chi connectivity index (χ4n) is 2.98. The van der Waals surface area contributed by atoms with E-state index in [0.29, 0.717) is 12.4 Å². The van der Waals surface area contributed by atoms with Gasteiger partial charge in [0.25, 0.3) is 11.1 Å². The van der Waals surface area contributed by atoms with Crippen molar-refractivity contribution in [1.29, 1.82) is 0 Å². The first-order chi connectivity index (χ1) is 14.0. The zero-order chi connectivity index (χ0) is 20.8. The molecule has 1 aliphatic rings. The van der Waals surface area contributed by atoms with Gasteiger partial charge >= 0.3 is 5.97 Å². The number of hydrogen-bond donors (Lipinski definition) is 0. The van der Waals surface area contributed by atoms with E-state index in [1.165, 1.54) is 0 Å². The molecule has 0 atom stereocenters. The van der Waals surface area contributed by atoms with Gasteiger partial charge < -0.3 is 9.47 Å². The lowest BCUT2D eigenvalue weighted by atomic mass is 10.0. The van der Waals surface area contributed by atoms with Gasteiger partial charge in [0.05, 0.1) is 18.1 Å². The van der Waals surface area contributed by atoms with Crippen LogP contribution in [-0.4, -0.2) is 41.8 Å². The third kappa shape index (κ3) is 4.79. The van der Waals surface area contributed by atoms with E-state index in [9.17, 15) is 14.4 Å². The molecule has 0 saturated carbocycles. The van der Waals surface area contributed by atoms with Gasteiger partial charge in [-0.15, -0.1) is 0 Å². The van der Waals surface area contributed by atoms with Gasteiger partial charge in [0, 0.05) is 5.56 Å². The maximum absolute atomic E-state index is 12.7. The Kier molecular flexibility index (Phi) is 6.93. The summed E-state index contributed by atoms with van der Waals surface area (Å²) in [4.78, 5) is 37.9. The van der Waals surface area contributed by atoms with Crippen LogP contribution in [0.5, 0.6) is 5.75 Å². The first kappa shape index (κ1) is 20.9. The van der Waals surface area contributed by atoms with Crippen molar-refractivity contribution in [3.05, 3.63) is 46.9 Å². The van der Waals surface area contributed by atoms with E-state index >= 15 is 0 Å². The molecular weight excluding hydrogens is 390 g/mol. The van der Waals surface area contributed by atoms with Gasteiger partial charge in [-0.25, -0.2) is 0 Å². The third-order valence-corrected chi connectivity index (χ3v) is 5.34. The molecule has 1 aliphatic heterocycles. The summed E-state index contributed by atoms with van der Waals surface area (Å²) in [7, 11) is 0. The molecule has 7 heteroatoms. The quantitative estimate of drug-likeness (QED) is 0.357. The number of ether oxygens (including phenoxy) is 2. The Bertz CT molecular complexity index is 969. The Morgan fingerprint density at radius 1 is 1.14 bits per heavy atom. The topological polar surface area (TPSA) is 72.9 Å². The van der Waals surface area contributed by atoms with Gasteiger partial charge in [-0.05, 0) is 48.0 Å². The number of amides is 2. The first-order valence-corrected chi connectivity index (χ1v) is 10.4. The molecular formula is C22H23NO5S. The molecule has 2 aromatic carbocycles. The Labute approximate surface area is 173 Å². The molecule has 3 rings (SSSR count). The predicted octanol–water partition coefficient (Wildman–Crippen LogP) is 4.62. The van der Waals surface area contributed by atoms with Crippen LogP contribution in [0.3, 0.4) is 0 Å². The summed E-state index contributed by atoms with van der Waals surface area (Å²) in [6.07, 6.45) is 3.61. The highest BCUT2D eigenvalue weighted by Crippen LogP contribution is 2.36. The zero-order valence-electron chi connectivity index (χ0n) is 16.5. The van der Waals surface area contributed by atoms with Crippen molar-refractivity contribution in [3.63, 3.8) is 0 Å². The smallest absolute Gasteiger partial charge is 0.326 e. The van der Waals surface area contributed by atoms with Crippen molar-refractivity contribution in [2.24, 2.45) is 0 Å². The molecule has 2 aromatic rings. The first-order valence-electron chi connectivity index (χ1n) is 9.60. The molecule has 0 aromatic heterocycles. The average Bonchev–Trinajstić information content (AvgIpc) is 2.97. The molecule has 0 bridgehead atoms. The summed E-state index contributed by atoms with van der Waals surface area (Å²) in [5, 5.41) is 1.45. The molecule has 1 fully saturated rings. The van der Waals surface area contributed by atoms with Gasteiger partial charge in [-0.1, -0.05) is 43.7 Å². The molecule has 152 valence electrons. The predicted molar refractivity (Wildman–Crippen MR) is 114 cm³/mol. The fraction of sp³-hybridized carbons (Fsp3) is 0.318. The van der Waals surface area contributed by atoms with E-state index in [-0.39, 0.29) is 18.1 Å². The van der Waals surface area contributed by atoms with Crippen molar-refractivity contribution >= 4 is 45.7 Å². The normalized spacial score (nSPS) is 15.4. The van der Waals surface area contributed by atoms with Crippen LogP contribution in [-0.2, 0) is 14.3 Å². The van der Waals surface area contributed by atoms with E-state index < -0.39 is 17.1 Å². The molecule has 0 N–H and O–H groups in total. The summed E-state index contributed by atoms with van der Waals surface area (Å²) in [5.74, 6) is -0.445. The Hall–Kier alpha value is -2.80. The van der Waals surface area contributed by atoms with Crippen molar-refractivity contribution < 1.29 is 23.9 Å². The van der Waals surface area contributed by atoms with Crippen molar-refractivity contribution in [3.8, 4) is 5.75 Å². The van der Waals surface area contributed by atoms with E-state index in [4.69, 9.17) is 9.47 Å². The monoisotopic (exact) mass is 413 g/mol. The lowest BCUT2D eigenvalue weighted by molar-refractivity contribution is -0.145. The van der Waals surface area contributed by atoms with Crippen molar-refractivity contribution in [2.45, 2.75) is 26.7 Å². The highest BCUT2D eigenvalue weighted by atomic mass is 32.2. The second-order valence-electron chi connectivity index (χ2n) is 6.47. The summed E-state index contributed by atoms with van der Waals surface area (Å²) >= 11 is 0.818. The van der Waals surface area contributed by atoms with Crippen LogP contribution in [0.4, 0.5) is 4.79 Å². The average molecular weight is 413 g/mol. The minimum Gasteiger partial charge on any atom is -0.493 e. The number of carbonyl (C=O) groups excluding carboxylic acids is 3. The highest BCUT2D eigenvalue weighted by molar-refractivity contribution is 8.18. The fourth-order valence-corrected chi connectivity index (χ4v) is 3.80. The summed E-state index contributed by atoms with van der Waals surface area (Å²) < 4.78 is 10.8. The number of nitrogens with zero attached hydrogens (tertiary/aromatic N) is 1. The summed E-state index contributed by atoms with van der Waals surface area (Å²) in [6.45, 7) is 4.14. The van der Waals surface area contributed by atoms with Crippen LogP contribution in [0.15, 0.2) is 41.3 Å².